The lowest BCUT2D eigenvalue weighted by molar-refractivity contribution is 0.0713. The van der Waals surface area contributed by atoms with E-state index in [1.54, 1.807) is 37.3 Å². The van der Waals surface area contributed by atoms with E-state index in [1.807, 2.05) is 13.0 Å². The van der Waals surface area contributed by atoms with E-state index in [-0.39, 0.29) is 17.8 Å². The van der Waals surface area contributed by atoms with Crippen LogP contribution in [0.4, 0.5) is 14.6 Å². The summed E-state index contributed by atoms with van der Waals surface area (Å²) in [6.07, 6.45) is 0.620. The molecule has 0 saturated carbocycles. The van der Waals surface area contributed by atoms with Gasteiger partial charge in [-0.05, 0) is 31.5 Å². The summed E-state index contributed by atoms with van der Waals surface area (Å²) in [5.74, 6) is 0.802. The van der Waals surface area contributed by atoms with Gasteiger partial charge in [0.15, 0.2) is 6.61 Å². The van der Waals surface area contributed by atoms with Gasteiger partial charge in [0.2, 0.25) is 5.88 Å². The fraction of sp³-hybridized carbons (Fsp3) is 0.389. The molecule has 1 amide bonds. The Balaban J connectivity index is 1.81. The number of aryl methyl sites for hydroxylation is 1. The number of aromatic nitrogens is 2. The number of ether oxygens (including phenoxy) is 1. The first-order valence-electron chi connectivity index (χ1n) is 8.26. The molecule has 0 fully saturated rings. The van der Waals surface area contributed by atoms with Gasteiger partial charge in [0.25, 0.3) is 12.3 Å². The Morgan fingerprint density at radius 1 is 1.38 bits per heavy atom. The number of alkyl halides is 2. The summed E-state index contributed by atoms with van der Waals surface area (Å²) in [6.45, 7) is 3.41. The molecular weight excluding hydrogens is 342 g/mol. The summed E-state index contributed by atoms with van der Waals surface area (Å²) in [6, 6.07) is 3.30. The zero-order chi connectivity index (χ0) is 18.8. The SMILES string of the molecule is CNc1nccc2c1CN(C(C)c1cnc(OCC(F)F)c(C)c1)C2=O. The maximum atomic E-state index is 12.8. The fourth-order valence-electron chi connectivity index (χ4n) is 3.06. The minimum absolute atomic E-state index is 0.0675. The van der Waals surface area contributed by atoms with Crippen LogP contribution in [0.3, 0.4) is 0 Å². The van der Waals surface area contributed by atoms with Crippen molar-refractivity contribution in [2.45, 2.75) is 32.9 Å². The van der Waals surface area contributed by atoms with Crippen molar-refractivity contribution in [2.24, 2.45) is 0 Å². The van der Waals surface area contributed by atoms with E-state index >= 15 is 0 Å². The normalized spacial score (nSPS) is 14.5. The maximum absolute atomic E-state index is 12.8. The molecule has 0 radical (unpaired) electrons. The molecule has 2 aromatic heterocycles. The lowest BCUT2D eigenvalue weighted by Crippen LogP contribution is -2.27. The Morgan fingerprint density at radius 2 is 2.15 bits per heavy atom. The van der Waals surface area contributed by atoms with Gasteiger partial charge in [-0.1, -0.05) is 0 Å². The number of carbonyl (C=O) groups is 1. The van der Waals surface area contributed by atoms with Crippen LogP contribution >= 0.6 is 0 Å². The second-order valence-electron chi connectivity index (χ2n) is 6.14. The molecule has 3 heterocycles. The highest BCUT2D eigenvalue weighted by Gasteiger charge is 2.33. The highest BCUT2D eigenvalue weighted by molar-refractivity contribution is 5.99. The Kier molecular flexibility index (Phi) is 5.01. The third-order valence-corrected chi connectivity index (χ3v) is 4.46. The number of rotatable bonds is 6. The van der Waals surface area contributed by atoms with Gasteiger partial charge in [-0.3, -0.25) is 4.79 Å². The average Bonchev–Trinajstić information content (AvgIpc) is 2.97. The lowest BCUT2D eigenvalue weighted by atomic mass is 10.1. The Hall–Kier alpha value is -2.77. The van der Waals surface area contributed by atoms with Gasteiger partial charge in [-0.25, -0.2) is 18.7 Å². The summed E-state index contributed by atoms with van der Waals surface area (Å²) >= 11 is 0. The number of anilines is 1. The topological polar surface area (TPSA) is 67.3 Å². The Labute approximate surface area is 150 Å². The molecule has 1 aliphatic heterocycles. The van der Waals surface area contributed by atoms with E-state index < -0.39 is 13.0 Å². The quantitative estimate of drug-likeness (QED) is 0.855. The van der Waals surface area contributed by atoms with Crippen LogP contribution in [-0.4, -0.2) is 40.9 Å². The second-order valence-corrected chi connectivity index (χ2v) is 6.14. The molecule has 0 saturated heterocycles. The number of nitrogens with zero attached hydrogens (tertiary/aromatic N) is 3. The van der Waals surface area contributed by atoms with E-state index in [2.05, 4.69) is 15.3 Å². The first-order chi connectivity index (χ1) is 12.4. The molecule has 2 aromatic rings. The molecule has 1 atom stereocenters. The molecule has 8 heteroatoms. The molecule has 26 heavy (non-hydrogen) atoms. The van der Waals surface area contributed by atoms with Gasteiger partial charge in [-0.2, -0.15) is 0 Å². The maximum Gasteiger partial charge on any atom is 0.272 e. The second kappa shape index (κ2) is 7.23. The smallest absolute Gasteiger partial charge is 0.272 e. The minimum atomic E-state index is -2.55. The van der Waals surface area contributed by atoms with Crippen LogP contribution in [-0.2, 0) is 6.54 Å². The number of hydrogen-bond donors (Lipinski definition) is 1. The van der Waals surface area contributed by atoms with Gasteiger partial charge in [0, 0.05) is 36.1 Å². The molecule has 0 aliphatic carbocycles. The number of pyridine rings is 2. The van der Waals surface area contributed by atoms with Crippen LogP contribution in [0.1, 0.15) is 40.0 Å². The third kappa shape index (κ3) is 3.31. The molecule has 6 nitrogen and oxygen atoms in total. The number of halogens is 2. The highest BCUT2D eigenvalue weighted by atomic mass is 19.3. The van der Waals surface area contributed by atoms with Crippen molar-refractivity contribution in [1.29, 1.82) is 0 Å². The molecule has 3 rings (SSSR count). The average molecular weight is 362 g/mol. The van der Waals surface area contributed by atoms with Gasteiger partial charge >= 0.3 is 0 Å². The van der Waals surface area contributed by atoms with Crippen molar-refractivity contribution in [1.82, 2.24) is 14.9 Å². The highest BCUT2D eigenvalue weighted by Crippen LogP contribution is 2.34. The molecule has 0 spiro atoms. The van der Waals surface area contributed by atoms with E-state index in [1.165, 1.54) is 0 Å². The van der Waals surface area contributed by atoms with Crippen molar-refractivity contribution >= 4 is 11.7 Å². The van der Waals surface area contributed by atoms with Crippen LogP contribution in [0.2, 0.25) is 0 Å². The third-order valence-electron chi connectivity index (χ3n) is 4.46. The van der Waals surface area contributed by atoms with Crippen molar-refractivity contribution in [3.63, 3.8) is 0 Å². The number of amides is 1. The number of carbonyl (C=O) groups excluding carboxylic acids is 1. The van der Waals surface area contributed by atoms with E-state index in [0.29, 0.717) is 23.5 Å². The van der Waals surface area contributed by atoms with E-state index in [4.69, 9.17) is 4.74 Å². The van der Waals surface area contributed by atoms with Crippen LogP contribution in [0, 0.1) is 6.92 Å². The Bertz CT molecular complexity index is 829. The van der Waals surface area contributed by atoms with Crippen molar-refractivity contribution in [2.75, 3.05) is 19.0 Å². The van der Waals surface area contributed by atoms with Gasteiger partial charge < -0.3 is 15.0 Å². The number of nitrogens with one attached hydrogen (secondary N) is 1. The summed E-state index contributed by atoms with van der Waals surface area (Å²) in [5, 5.41) is 3.01. The predicted octanol–water partition coefficient (Wildman–Crippen LogP) is 3.19. The molecule has 0 bridgehead atoms. The van der Waals surface area contributed by atoms with Gasteiger partial charge in [-0.15, -0.1) is 0 Å². The summed E-state index contributed by atoms with van der Waals surface area (Å²) in [4.78, 5) is 22.9. The largest absolute Gasteiger partial charge is 0.471 e. The van der Waals surface area contributed by atoms with Gasteiger partial charge in [0.05, 0.1) is 12.6 Å². The predicted molar refractivity (Wildman–Crippen MR) is 92.5 cm³/mol. The van der Waals surface area contributed by atoms with Crippen LogP contribution in [0.15, 0.2) is 24.5 Å². The van der Waals surface area contributed by atoms with Gasteiger partial charge in [0.1, 0.15) is 5.82 Å². The van der Waals surface area contributed by atoms with Crippen LogP contribution in [0.25, 0.3) is 0 Å². The molecule has 1 unspecified atom stereocenters. The first kappa shape index (κ1) is 18.0. The molecule has 1 aliphatic rings. The van der Waals surface area contributed by atoms with E-state index in [9.17, 15) is 13.6 Å². The molecular formula is C18H20F2N4O2. The monoisotopic (exact) mass is 362 g/mol. The number of fused-ring (bicyclic) bond motifs is 1. The molecule has 0 aromatic carbocycles. The number of hydrogen-bond acceptors (Lipinski definition) is 5. The summed E-state index contributed by atoms with van der Waals surface area (Å²) in [7, 11) is 1.77. The molecule has 1 N–H and O–H groups in total. The zero-order valence-electron chi connectivity index (χ0n) is 14.8. The van der Waals surface area contributed by atoms with Crippen LogP contribution < -0.4 is 10.1 Å². The van der Waals surface area contributed by atoms with Crippen molar-refractivity contribution in [3.8, 4) is 5.88 Å². The minimum Gasteiger partial charge on any atom is -0.471 e. The van der Waals surface area contributed by atoms with E-state index in [0.717, 1.165) is 11.1 Å². The first-order valence-corrected chi connectivity index (χ1v) is 8.26. The molecule has 138 valence electrons. The van der Waals surface area contributed by atoms with Crippen molar-refractivity contribution < 1.29 is 18.3 Å². The summed E-state index contributed by atoms with van der Waals surface area (Å²) < 4.78 is 29.6. The fourth-order valence-corrected chi connectivity index (χ4v) is 3.06. The zero-order valence-corrected chi connectivity index (χ0v) is 14.8. The lowest BCUT2D eigenvalue weighted by Gasteiger charge is -2.25. The van der Waals surface area contributed by atoms with Crippen LogP contribution in [0.5, 0.6) is 5.88 Å². The summed E-state index contributed by atoms with van der Waals surface area (Å²) in [5.41, 5.74) is 2.97. The standard InChI is InChI=1S/C18H20F2N4O2/c1-10-6-12(7-23-17(10)26-9-15(19)20)11(2)24-8-14-13(18(24)25)4-5-22-16(14)21-3/h4-7,11,15H,8-9H2,1-3H3,(H,21,22). The Morgan fingerprint density at radius 3 is 2.81 bits per heavy atom. The van der Waals surface area contributed by atoms with Crippen molar-refractivity contribution in [3.05, 3.63) is 46.8 Å².